The third-order valence-electron chi connectivity index (χ3n) is 4.85. The lowest BCUT2D eigenvalue weighted by Crippen LogP contribution is -2.32. The fourth-order valence-corrected chi connectivity index (χ4v) is 4.14. The number of aryl methyl sites for hydroxylation is 1. The highest BCUT2D eigenvalue weighted by atomic mass is 32.1. The molecule has 3 heterocycles. The normalized spacial score (nSPS) is 14.5. The summed E-state index contributed by atoms with van der Waals surface area (Å²) in [7, 11) is 0. The SMILES string of the molecule is Cc1ccccc1CNC(=O)c1cnc2sc(N3CCCCC3)nn2c1=O. The largest absolute Gasteiger partial charge is 0.348 e. The molecule has 0 saturated carbocycles. The molecule has 0 unspecified atom stereocenters. The summed E-state index contributed by atoms with van der Waals surface area (Å²) in [5.41, 5.74) is 1.69. The molecule has 0 spiro atoms. The van der Waals surface area contributed by atoms with Gasteiger partial charge in [-0.25, -0.2) is 4.98 Å². The van der Waals surface area contributed by atoms with Crippen LogP contribution in [0.4, 0.5) is 5.13 Å². The van der Waals surface area contributed by atoms with Gasteiger partial charge in [0, 0.05) is 25.8 Å². The molecule has 1 N–H and O–H groups in total. The summed E-state index contributed by atoms with van der Waals surface area (Å²) in [4.78, 5) is 32.2. The zero-order chi connectivity index (χ0) is 18.8. The number of aromatic nitrogens is 3. The zero-order valence-electron chi connectivity index (χ0n) is 15.1. The molecule has 2 aromatic heterocycles. The lowest BCUT2D eigenvalue weighted by molar-refractivity contribution is 0.0948. The fraction of sp³-hybridized carbons (Fsp3) is 0.368. The number of carbonyl (C=O) groups is 1. The first-order chi connectivity index (χ1) is 13.1. The van der Waals surface area contributed by atoms with Gasteiger partial charge in [-0.2, -0.15) is 4.52 Å². The Balaban J connectivity index is 1.56. The molecule has 1 aliphatic heterocycles. The van der Waals surface area contributed by atoms with Crippen molar-refractivity contribution in [3.63, 3.8) is 0 Å². The van der Waals surface area contributed by atoms with Crippen LogP contribution in [0.1, 0.15) is 40.7 Å². The number of nitrogens with one attached hydrogen (secondary N) is 1. The van der Waals surface area contributed by atoms with Gasteiger partial charge in [-0.15, -0.1) is 5.10 Å². The summed E-state index contributed by atoms with van der Waals surface area (Å²) in [5, 5.41) is 8.01. The van der Waals surface area contributed by atoms with E-state index in [9.17, 15) is 9.59 Å². The Labute approximate surface area is 160 Å². The predicted molar refractivity (Wildman–Crippen MR) is 106 cm³/mol. The average Bonchev–Trinajstić information content (AvgIpc) is 3.13. The first-order valence-corrected chi connectivity index (χ1v) is 9.91. The highest BCUT2D eigenvalue weighted by Gasteiger charge is 2.19. The molecule has 0 atom stereocenters. The number of fused-ring (bicyclic) bond motifs is 1. The Hall–Kier alpha value is -2.74. The van der Waals surface area contributed by atoms with Crippen LogP contribution in [0.5, 0.6) is 0 Å². The first-order valence-electron chi connectivity index (χ1n) is 9.10. The van der Waals surface area contributed by atoms with Crippen molar-refractivity contribution in [2.45, 2.75) is 32.7 Å². The molecule has 8 heteroatoms. The number of rotatable bonds is 4. The minimum atomic E-state index is -0.433. The molecule has 140 valence electrons. The minimum absolute atomic E-state index is 0.0107. The van der Waals surface area contributed by atoms with Gasteiger partial charge in [-0.05, 0) is 37.3 Å². The third kappa shape index (κ3) is 3.57. The van der Waals surface area contributed by atoms with Crippen LogP contribution in [0.2, 0.25) is 0 Å². The topological polar surface area (TPSA) is 79.6 Å². The van der Waals surface area contributed by atoms with Crippen LogP contribution < -0.4 is 15.8 Å². The summed E-state index contributed by atoms with van der Waals surface area (Å²) >= 11 is 1.39. The van der Waals surface area contributed by atoms with E-state index in [2.05, 4.69) is 20.3 Å². The maximum Gasteiger partial charge on any atom is 0.288 e. The number of benzene rings is 1. The summed E-state index contributed by atoms with van der Waals surface area (Å²) in [5.74, 6) is -0.433. The highest BCUT2D eigenvalue weighted by molar-refractivity contribution is 7.20. The minimum Gasteiger partial charge on any atom is -0.348 e. The highest BCUT2D eigenvalue weighted by Crippen LogP contribution is 2.24. The van der Waals surface area contributed by atoms with Gasteiger partial charge in [0.1, 0.15) is 5.56 Å². The lowest BCUT2D eigenvalue weighted by Gasteiger charge is -2.25. The van der Waals surface area contributed by atoms with E-state index in [1.54, 1.807) is 0 Å². The van der Waals surface area contributed by atoms with Gasteiger partial charge in [-0.3, -0.25) is 9.59 Å². The van der Waals surface area contributed by atoms with Crippen LogP contribution in [-0.2, 0) is 6.54 Å². The Bertz CT molecular complexity index is 1040. The smallest absolute Gasteiger partial charge is 0.288 e. The van der Waals surface area contributed by atoms with Gasteiger partial charge in [0.05, 0.1) is 0 Å². The summed E-state index contributed by atoms with van der Waals surface area (Å²) in [6, 6.07) is 7.82. The Morgan fingerprint density at radius 2 is 2.00 bits per heavy atom. The summed E-state index contributed by atoms with van der Waals surface area (Å²) in [6.45, 7) is 4.24. The number of anilines is 1. The molecule has 4 rings (SSSR count). The second-order valence-corrected chi connectivity index (χ2v) is 7.65. The molecular formula is C19H21N5O2S. The van der Waals surface area contributed by atoms with Crippen LogP contribution in [0.25, 0.3) is 4.96 Å². The van der Waals surface area contributed by atoms with Crippen molar-refractivity contribution in [3.8, 4) is 0 Å². The maximum atomic E-state index is 12.7. The molecule has 1 aromatic carbocycles. The van der Waals surface area contributed by atoms with Crippen LogP contribution in [-0.4, -0.2) is 33.6 Å². The quantitative estimate of drug-likeness (QED) is 0.748. The van der Waals surface area contributed by atoms with Crippen molar-refractivity contribution < 1.29 is 4.79 Å². The lowest BCUT2D eigenvalue weighted by atomic mass is 10.1. The fourth-order valence-electron chi connectivity index (χ4n) is 3.22. The van der Waals surface area contributed by atoms with Gasteiger partial charge in [-0.1, -0.05) is 35.6 Å². The molecule has 1 amide bonds. The van der Waals surface area contributed by atoms with E-state index >= 15 is 0 Å². The van der Waals surface area contributed by atoms with Crippen LogP contribution in [0.3, 0.4) is 0 Å². The van der Waals surface area contributed by atoms with Crippen LogP contribution in [0, 0.1) is 6.92 Å². The molecule has 3 aromatic rings. The van der Waals surface area contributed by atoms with Crippen molar-refractivity contribution in [1.82, 2.24) is 19.9 Å². The van der Waals surface area contributed by atoms with E-state index in [0.29, 0.717) is 11.5 Å². The van der Waals surface area contributed by atoms with Gasteiger partial charge >= 0.3 is 0 Å². The van der Waals surface area contributed by atoms with E-state index in [1.165, 1.54) is 28.5 Å². The third-order valence-corrected chi connectivity index (χ3v) is 5.83. The van der Waals surface area contributed by atoms with Gasteiger partial charge in [0.2, 0.25) is 10.1 Å². The van der Waals surface area contributed by atoms with E-state index in [4.69, 9.17) is 0 Å². The van der Waals surface area contributed by atoms with Crippen molar-refractivity contribution >= 4 is 27.3 Å². The van der Waals surface area contributed by atoms with Gasteiger partial charge in [0.25, 0.3) is 11.5 Å². The van der Waals surface area contributed by atoms with Crippen molar-refractivity contribution in [1.29, 1.82) is 0 Å². The van der Waals surface area contributed by atoms with Gasteiger partial charge < -0.3 is 10.2 Å². The van der Waals surface area contributed by atoms with E-state index in [1.807, 2.05) is 31.2 Å². The molecule has 7 nitrogen and oxygen atoms in total. The monoisotopic (exact) mass is 383 g/mol. The molecule has 0 radical (unpaired) electrons. The van der Waals surface area contributed by atoms with Gasteiger partial charge in [0.15, 0.2) is 0 Å². The second-order valence-electron chi connectivity index (χ2n) is 6.71. The number of carbonyl (C=O) groups excluding carboxylic acids is 1. The Morgan fingerprint density at radius 3 is 2.78 bits per heavy atom. The van der Waals surface area contributed by atoms with Crippen molar-refractivity contribution in [2.75, 3.05) is 18.0 Å². The maximum absolute atomic E-state index is 12.7. The summed E-state index contributed by atoms with van der Waals surface area (Å²) < 4.78 is 1.25. The average molecular weight is 383 g/mol. The molecule has 0 aliphatic carbocycles. The van der Waals surface area contributed by atoms with Crippen LogP contribution >= 0.6 is 11.3 Å². The zero-order valence-corrected chi connectivity index (χ0v) is 16.0. The number of amides is 1. The van der Waals surface area contributed by atoms with E-state index < -0.39 is 11.5 Å². The van der Waals surface area contributed by atoms with Crippen LogP contribution in [0.15, 0.2) is 35.3 Å². The van der Waals surface area contributed by atoms with E-state index in [-0.39, 0.29) is 5.56 Å². The molecule has 0 bridgehead atoms. The Kier molecular flexibility index (Phi) is 4.89. The number of piperidine rings is 1. The molecule has 1 saturated heterocycles. The standard InChI is InChI=1S/C19H21N5O2S/c1-13-7-3-4-8-14(13)11-20-16(25)15-12-21-18-24(17(15)26)22-19(27-18)23-9-5-2-6-10-23/h3-4,7-8,12H,2,5-6,9-11H2,1H3,(H,20,25). The molecule has 1 aliphatic rings. The van der Waals surface area contributed by atoms with E-state index in [0.717, 1.165) is 42.2 Å². The van der Waals surface area contributed by atoms with Crippen molar-refractivity contribution in [3.05, 3.63) is 57.5 Å². The number of hydrogen-bond acceptors (Lipinski definition) is 6. The molecule has 27 heavy (non-hydrogen) atoms. The Morgan fingerprint density at radius 1 is 1.22 bits per heavy atom. The second kappa shape index (κ2) is 7.48. The summed E-state index contributed by atoms with van der Waals surface area (Å²) in [6.07, 6.45) is 4.84. The molecular weight excluding hydrogens is 362 g/mol. The number of hydrogen-bond donors (Lipinski definition) is 1. The van der Waals surface area contributed by atoms with Crippen molar-refractivity contribution in [2.24, 2.45) is 0 Å². The number of nitrogens with zero attached hydrogens (tertiary/aromatic N) is 4. The first kappa shape index (κ1) is 17.7. The molecule has 1 fully saturated rings. The predicted octanol–water partition coefficient (Wildman–Crippen LogP) is 2.38.